The van der Waals surface area contributed by atoms with E-state index in [-0.39, 0.29) is 12.5 Å². The van der Waals surface area contributed by atoms with Crippen LogP contribution in [0.2, 0.25) is 0 Å². The van der Waals surface area contributed by atoms with Crippen molar-refractivity contribution in [3.8, 4) is 45.9 Å². The molecule has 0 aliphatic heterocycles. The number of halogens is 2. The lowest BCUT2D eigenvalue weighted by Gasteiger charge is -2.11. The Balaban J connectivity index is 0.000000194. The topological polar surface area (TPSA) is 169 Å². The number of carboxylic acids is 1. The SMILES string of the molecule is CN(C)CC(=O)O.Cc1ncc(COc2cc(F)cc(Oc3ccc(-n4cc(C(C)C)c5ncnc(N)c54)cc3)c2)s1.[C-]#[N+]c1c(C)c(C(C)C)cn1-c1ccc(Oc2cc(F)cc(OCc3cnc(C)s3)c2)cc1. The molecular weight excluding hydrogens is 997 g/mol. The van der Waals surface area contributed by atoms with Crippen molar-refractivity contribution in [2.24, 2.45) is 0 Å². The Labute approximate surface area is 442 Å². The molecule has 5 heterocycles. The highest BCUT2D eigenvalue weighted by molar-refractivity contribution is 7.11. The van der Waals surface area contributed by atoms with Gasteiger partial charge >= 0.3 is 5.97 Å². The fourth-order valence-electron chi connectivity index (χ4n) is 7.76. The van der Waals surface area contributed by atoms with Crippen molar-refractivity contribution >= 4 is 51.3 Å². The molecule has 0 amide bonds. The standard InChI is InChI=1S/C26H24FN5O2S.C26H24FN3O2S.C4H9NO2/c1-15(2)23-12-32(25-24(23)30-14-31-26(25)28)18-4-6-19(7-5-18)34-21-9-17(27)8-20(10-21)33-13-22-11-29-16(3)35-22;1-16(2)25-14-30(26(28-5)17(25)3)20-6-8-21(9-7-20)32-23-11-19(27)10-22(12-23)31-15-24-13-29-18(4)33-24;1-5(2)3-4(6)7/h4-12,14-15H,13H2,1-3H3,(H2,28,30,31);6-14,16H,15H2,1-4H3;3H2,1-2H3,(H,6,7). The molecule has 9 rings (SSSR count). The molecule has 0 unspecified atom stereocenters. The minimum atomic E-state index is -0.787. The monoisotopic (exact) mass is 1050 g/mol. The van der Waals surface area contributed by atoms with Gasteiger partial charge in [-0.05, 0) is 112 Å². The lowest BCUT2D eigenvalue weighted by atomic mass is 10.0. The van der Waals surface area contributed by atoms with Crippen LogP contribution in [0.15, 0.2) is 116 Å². The van der Waals surface area contributed by atoms with Gasteiger partial charge in [0.1, 0.15) is 76.9 Å². The molecule has 9 aromatic rings. The summed E-state index contributed by atoms with van der Waals surface area (Å²) in [7, 11) is 3.43. The van der Waals surface area contributed by atoms with E-state index >= 15 is 0 Å². The molecule has 0 atom stereocenters. The van der Waals surface area contributed by atoms with E-state index in [2.05, 4.69) is 52.5 Å². The number of nitrogens with zero attached hydrogens (tertiary/aromatic N) is 8. The van der Waals surface area contributed by atoms with Crippen LogP contribution < -0.4 is 24.7 Å². The van der Waals surface area contributed by atoms with Crippen molar-refractivity contribution in [2.45, 2.75) is 73.5 Å². The predicted octanol–water partition coefficient (Wildman–Crippen LogP) is 13.8. The van der Waals surface area contributed by atoms with Crippen molar-refractivity contribution in [1.29, 1.82) is 0 Å². The van der Waals surface area contributed by atoms with Gasteiger partial charge in [0.2, 0.25) is 5.82 Å². The molecule has 0 radical (unpaired) electrons. The Morgan fingerprint density at radius 1 is 0.693 bits per heavy atom. The van der Waals surface area contributed by atoms with Crippen LogP contribution in [-0.4, -0.2) is 65.7 Å². The summed E-state index contributed by atoms with van der Waals surface area (Å²) in [6, 6.07) is 23.5. The average Bonchev–Trinajstić information content (AvgIpc) is 4.16. The molecule has 0 bridgehead atoms. The van der Waals surface area contributed by atoms with Crippen LogP contribution in [0.4, 0.5) is 20.4 Å². The highest BCUT2D eigenvalue weighted by atomic mass is 32.1. The van der Waals surface area contributed by atoms with E-state index < -0.39 is 17.6 Å². The van der Waals surface area contributed by atoms with Crippen LogP contribution in [0.5, 0.6) is 34.5 Å². The Hall–Kier alpha value is -8.18. The molecule has 0 aliphatic carbocycles. The first-order valence-corrected chi connectivity index (χ1v) is 25.3. The third kappa shape index (κ3) is 14.5. The number of fused-ring (bicyclic) bond motifs is 1. The highest BCUT2D eigenvalue weighted by Crippen LogP contribution is 2.36. The van der Waals surface area contributed by atoms with Crippen molar-refractivity contribution in [1.82, 2.24) is 34.0 Å². The molecule has 0 fully saturated rings. The number of aryl methyl sites for hydroxylation is 2. The number of carbonyl (C=O) groups is 1. The van der Waals surface area contributed by atoms with Crippen LogP contribution in [-0.2, 0) is 18.0 Å². The summed E-state index contributed by atoms with van der Waals surface area (Å²) in [6.45, 7) is 22.6. The van der Waals surface area contributed by atoms with Gasteiger partial charge in [-0.1, -0.05) is 34.3 Å². The van der Waals surface area contributed by atoms with E-state index in [9.17, 15) is 13.6 Å². The van der Waals surface area contributed by atoms with Crippen LogP contribution >= 0.6 is 22.7 Å². The van der Waals surface area contributed by atoms with Gasteiger partial charge in [0.05, 0.1) is 38.0 Å². The summed E-state index contributed by atoms with van der Waals surface area (Å²) in [6.07, 6.45) is 9.06. The molecule has 0 saturated carbocycles. The van der Waals surface area contributed by atoms with Crippen LogP contribution in [0.25, 0.3) is 27.3 Å². The maximum absolute atomic E-state index is 14.2. The van der Waals surface area contributed by atoms with Gasteiger partial charge in [-0.2, -0.15) is 0 Å². The van der Waals surface area contributed by atoms with Gasteiger partial charge in [-0.25, -0.2) is 28.7 Å². The number of nitrogen functional groups attached to an aromatic ring is 1. The molecule has 388 valence electrons. The summed E-state index contributed by atoms with van der Waals surface area (Å²) in [5, 5.41) is 9.96. The van der Waals surface area contributed by atoms with Crippen LogP contribution in [0.3, 0.4) is 0 Å². The zero-order chi connectivity index (χ0) is 53.9. The first-order chi connectivity index (χ1) is 35.8. The molecule has 19 heteroatoms. The first-order valence-electron chi connectivity index (χ1n) is 23.7. The number of benzene rings is 4. The number of likely N-dealkylation sites (N-methyl/N-ethyl adjacent to an activating group) is 1. The Morgan fingerprint density at radius 2 is 1.16 bits per heavy atom. The Morgan fingerprint density at radius 3 is 1.57 bits per heavy atom. The van der Waals surface area contributed by atoms with E-state index in [1.54, 1.807) is 78.3 Å². The number of anilines is 1. The van der Waals surface area contributed by atoms with Gasteiger partial charge < -0.3 is 39.2 Å². The Bertz CT molecular complexity index is 3430. The van der Waals surface area contributed by atoms with Gasteiger partial charge in [0, 0.05) is 60.7 Å². The molecule has 4 aromatic carbocycles. The van der Waals surface area contributed by atoms with Crippen molar-refractivity contribution in [2.75, 3.05) is 26.4 Å². The van der Waals surface area contributed by atoms with Gasteiger partial charge in [-0.15, -0.1) is 22.7 Å². The number of carboxylic acid groups (broad SMARTS) is 1. The fourth-order valence-corrected chi connectivity index (χ4v) is 9.18. The quantitative estimate of drug-likeness (QED) is 0.0880. The maximum Gasteiger partial charge on any atom is 0.317 e. The van der Waals surface area contributed by atoms with E-state index in [1.165, 1.54) is 30.6 Å². The van der Waals surface area contributed by atoms with Gasteiger partial charge in [0.15, 0.2) is 5.82 Å². The smallest absolute Gasteiger partial charge is 0.317 e. The number of aromatic nitrogens is 6. The van der Waals surface area contributed by atoms with Crippen molar-refractivity contribution in [3.63, 3.8) is 0 Å². The first kappa shape index (κ1) is 54.6. The predicted molar refractivity (Wildman–Crippen MR) is 290 cm³/mol. The largest absolute Gasteiger partial charge is 0.488 e. The van der Waals surface area contributed by atoms with Gasteiger partial charge in [0.25, 0.3) is 0 Å². The van der Waals surface area contributed by atoms with Crippen LogP contribution in [0.1, 0.15) is 76.0 Å². The summed E-state index contributed by atoms with van der Waals surface area (Å²) in [5.41, 5.74) is 12.8. The number of aliphatic carboxylic acids is 1. The summed E-state index contributed by atoms with van der Waals surface area (Å²) >= 11 is 3.09. The van der Waals surface area contributed by atoms with E-state index in [1.807, 2.05) is 78.7 Å². The second-order valence-electron chi connectivity index (χ2n) is 18.1. The second-order valence-corrected chi connectivity index (χ2v) is 20.7. The summed E-state index contributed by atoms with van der Waals surface area (Å²) in [5.74, 6) is 2.56. The summed E-state index contributed by atoms with van der Waals surface area (Å²) in [4.78, 5) is 34.0. The number of hydrogen-bond acceptors (Lipinski definition) is 13. The van der Waals surface area contributed by atoms with Crippen molar-refractivity contribution in [3.05, 3.63) is 176 Å². The molecule has 3 N–H and O–H groups in total. The molecule has 0 saturated heterocycles. The van der Waals surface area contributed by atoms with E-state index in [0.717, 1.165) is 58.9 Å². The number of ether oxygens (including phenoxy) is 4. The van der Waals surface area contributed by atoms with Gasteiger partial charge in [-0.3, -0.25) is 14.3 Å². The number of hydrogen-bond donors (Lipinski definition) is 2. The zero-order valence-corrected chi connectivity index (χ0v) is 44.6. The fraction of sp³-hybridized carbons (Fsp3) is 0.250. The minimum Gasteiger partial charge on any atom is -0.488 e. The molecule has 75 heavy (non-hydrogen) atoms. The normalized spacial score (nSPS) is 11.0. The molecule has 5 aromatic heterocycles. The maximum atomic E-state index is 14.2. The number of rotatable bonds is 16. The number of nitrogens with two attached hydrogens (primary N) is 1. The van der Waals surface area contributed by atoms with E-state index in [0.29, 0.717) is 65.3 Å². The lowest BCUT2D eigenvalue weighted by Crippen LogP contribution is -2.20. The van der Waals surface area contributed by atoms with Crippen molar-refractivity contribution < 1.29 is 37.6 Å². The third-order valence-corrected chi connectivity index (χ3v) is 13.0. The second kappa shape index (κ2) is 24.7. The zero-order valence-electron chi connectivity index (χ0n) is 43.0. The van der Waals surface area contributed by atoms with Crippen LogP contribution in [0, 0.1) is 39.0 Å². The Kier molecular flexibility index (Phi) is 18.0. The lowest BCUT2D eigenvalue weighted by molar-refractivity contribution is -0.137. The third-order valence-electron chi connectivity index (χ3n) is 11.2. The van der Waals surface area contributed by atoms with E-state index in [4.69, 9.17) is 36.4 Å². The minimum absolute atomic E-state index is 0.111. The molecule has 0 aliphatic rings. The molecular formula is C56H57F2N9O6S2. The average molecular weight is 1050 g/mol. The highest BCUT2D eigenvalue weighted by Gasteiger charge is 2.19. The molecule has 15 nitrogen and oxygen atoms in total. The summed E-state index contributed by atoms with van der Waals surface area (Å²) < 4.78 is 55.5. The number of thiazole rings is 2. The molecule has 0 spiro atoms.